The second-order valence-electron chi connectivity index (χ2n) is 5.50. The molecular weight excluding hydrogens is 253 g/mol. The van der Waals surface area contributed by atoms with Gasteiger partial charge in [0, 0.05) is 19.0 Å². The van der Waals surface area contributed by atoms with Gasteiger partial charge in [-0.15, -0.1) is 0 Å². The molecule has 1 N–H and O–H groups in total. The van der Waals surface area contributed by atoms with E-state index in [1.807, 2.05) is 24.3 Å². The number of rotatable bonds is 1. The van der Waals surface area contributed by atoms with Crippen LogP contribution in [0.25, 0.3) is 0 Å². The Labute approximate surface area is 118 Å². The highest BCUT2D eigenvalue weighted by atomic mass is 19.1. The molecular formula is C17H18FNO. The van der Waals surface area contributed by atoms with Crippen LogP contribution >= 0.6 is 0 Å². The maximum Gasteiger partial charge on any atom is 0.123 e. The monoisotopic (exact) mass is 271 g/mol. The van der Waals surface area contributed by atoms with E-state index < -0.39 is 0 Å². The van der Waals surface area contributed by atoms with Crippen LogP contribution in [0, 0.1) is 5.82 Å². The summed E-state index contributed by atoms with van der Waals surface area (Å²) < 4.78 is 13.1. The molecule has 0 radical (unpaired) electrons. The summed E-state index contributed by atoms with van der Waals surface area (Å²) in [7, 11) is 2.10. The molecule has 0 spiro atoms. The number of hydrogen-bond donors (Lipinski definition) is 1. The summed E-state index contributed by atoms with van der Waals surface area (Å²) in [5, 5.41) is 9.78. The van der Waals surface area contributed by atoms with Crippen molar-refractivity contribution in [2.75, 3.05) is 20.1 Å². The van der Waals surface area contributed by atoms with Crippen molar-refractivity contribution in [3.05, 3.63) is 65.0 Å². The van der Waals surface area contributed by atoms with Gasteiger partial charge in [-0.05, 0) is 54.4 Å². The molecule has 1 aliphatic rings. The van der Waals surface area contributed by atoms with Crippen molar-refractivity contribution in [2.45, 2.75) is 12.3 Å². The third-order valence-electron chi connectivity index (χ3n) is 4.03. The van der Waals surface area contributed by atoms with Crippen molar-refractivity contribution in [1.82, 2.24) is 4.90 Å². The van der Waals surface area contributed by atoms with E-state index in [0.717, 1.165) is 30.6 Å². The molecule has 0 saturated heterocycles. The van der Waals surface area contributed by atoms with E-state index in [1.54, 1.807) is 6.07 Å². The number of phenolic OH excluding ortho intramolecular Hbond substituents is 1. The smallest absolute Gasteiger partial charge is 0.123 e. The second-order valence-corrected chi connectivity index (χ2v) is 5.50. The number of nitrogens with zero attached hydrogens (tertiary/aromatic N) is 1. The van der Waals surface area contributed by atoms with Crippen molar-refractivity contribution in [3.8, 4) is 5.75 Å². The molecule has 0 fully saturated rings. The van der Waals surface area contributed by atoms with Crippen molar-refractivity contribution >= 4 is 0 Å². The lowest BCUT2D eigenvalue weighted by atomic mass is 9.88. The molecule has 2 nitrogen and oxygen atoms in total. The van der Waals surface area contributed by atoms with Gasteiger partial charge in [-0.3, -0.25) is 0 Å². The Morgan fingerprint density at radius 3 is 2.65 bits per heavy atom. The fourth-order valence-electron chi connectivity index (χ4n) is 2.93. The van der Waals surface area contributed by atoms with E-state index in [1.165, 1.54) is 17.7 Å². The van der Waals surface area contributed by atoms with Gasteiger partial charge in [0.25, 0.3) is 0 Å². The van der Waals surface area contributed by atoms with E-state index in [0.29, 0.717) is 5.75 Å². The van der Waals surface area contributed by atoms with Crippen LogP contribution in [0.3, 0.4) is 0 Å². The maximum atomic E-state index is 13.1. The first kappa shape index (κ1) is 13.1. The largest absolute Gasteiger partial charge is 0.508 e. The van der Waals surface area contributed by atoms with Crippen molar-refractivity contribution < 1.29 is 9.50 Å². The summed E-state index contributed by atoms with van der Waals surface area (Å²) in [5.74, 6) is 0.248. The zero-order chi connectivity index (χ0) is 14.1. The average Bonchev–Trinajstić information content (AvgIpc) is 2.59. The van der Waals surface area contributed by atoms with Gasteiger partial charge < -0.3 is 10.0 Å². The van der Waals surface area contributed by atoms with Crippen LogP contribution in [0.4, 0.5) is 4.39 Å². The van der Waals surface area contributed by atoms with Crippen molar-refractivity contribution in [2.24, 2.45) is 0 Å². The van der Waals surface area contributed by atoms with E-state index >= 15 is 0 Å². The Morgan fingerprint density at radius 2 is 1.90 bits per heavy atom. The molecule has 1 heterocycles. The predicted molar refractivity (Wildman–Crippen MR) is 77.6 cm³/mol. The molecule has 2 aromatic carbocycles. The van der Waals surface area contributed by atoms with Gasteiger partial charge >= 0.3 is 0 Å². The first-order chi connectivity index (χ1) is 9.63. The van der Waals surface area contributed by atoms with Crippen molar-refractivity contribution in [3.63, 3.8) is 0 Å². The molecule has 3 heteroatoms. The van der Waals surface area contributed by atoms with Crippen LogP contribution < -0.4 is 0 Å². The van der Waals surface area contributed by atoms with Gasteiger partial charge in [0.05, 0.1) is 0 Å². The van der Waals surface area contributed by atoms with Crippen LogP contribution in [0.2, 0.25) is 0 Å². The van der Waals surface area contributed by atoms with E-state index in [2.05, 4.69) is 11.9 Å². The molecule has 0 bridgehead atoms. The first-order valence-corrected chi connectivity index (χ1v) is 6.89. The number of hydrogen-bond acceptors (Lipinski definition) is 2. The molecule has 1 unspecified atom stereocenters. The highest BCUT2D eigenvalue weighted by molar-refractivity contribution is 5.43. The van der Waals surface area contributed by atoms with Crippen LogP contribution in [-0.4, -0.2) is 30.1 Å². The minimum atomic E-state index is -0.216. The van der Waals surface area contributed by atoms with Crippen LogP contribution in [0.15, 0.2) is 42.5 Å². The molecule has 0 aromatic heterocycles. The molecule has 1 aliphatic heterocycles. The molecule has 0 aliphatic carbocycles. The summed E-state index contributed by atoms with van der Waals surface area (Å²) in [5.41, 5.74) is 3.51. The fraction of sp³-hybridized carbons (Fsp3) is 0.294. The summed E-state index contributed by atoms with van der Waals surface area (Å²) in [6.45, 7) is 1.87. The molecule has 1 atom stereocenters. The van der Waals surface area contributed by atoms with Crippen LogP contribution in [0.1, 0.15) is 22.6 Å². The van der Waals surface area contributed by atoms with Crippen molar-refractivity contribution in [1.29, 1.82) is 0 Å². The minimum Gasteiger partial charge on any atom is -0.508 e. The normalized spacial score (nSPS) is 19.4. The van der Waals surface area contributed by atoms with Gasteiger partial charge in [0.1, 0.15) is 11.6 Å². The number of halogens is 1. The second kappa shape index (κ2) is 5.25. The standard InChI is InChI=1S/C17H18FNO/c1-19-9-8-13-4-7-15(20)10-16(13)17(11-19)12-2-5-14(18)6-3-12/h2-7,10,17,20H,8-9,11H2,1H3. The lowest BCUT2D eigenvalue weighted by Gasteiger charge is -2.22. The Morgan fingerprint density at radius 1 is 1.15 bits per heavy atom. The Kier molecular flexibility index (Phi) is 3.45. The van der Waals surface area contributed by atoms with Gasteiger partial charge in [0.15, 0.2) is 0 Å². The van der Waals surface area contributed by atoms with Gasteiger partial charge in [0.2, 0.25) is 0 Å². The lowest BCUT2D eigenvalue weighted by molar-refractivity contribution is 0.338. The van der Waals surface area contributed by atoms with E-state index in [4.69, 9.17) is 0 Å². The maximum absolute atomic E-state index is 13.1. The molecule has 3 rings (SSSR count). The molecule has 0 saturated carbocycles. The minimum absolute atomic E-state index is 0.171. The Balaban J connectivity index is 2.08. The lowest BCUT2D eigenvalue weighted by Crippen LogP contribution is -2.24. The summed E-state index contributed by atoms with van der Waals surface area (Å²) in [6, 6.07) is 12.3. The number of likely N-dealkylation sites (N-methyl/N-ethyl adjacent to an activating group) is 1. The number of fused-ring (bicyclic) bond motifs is 1. The summed E-state index contributed by atoms with van der Waals surface area (Å²) in [6.07, 6.45) is 0.976. The topological polar surface area (TPSA) is 23.5 Å². The Bertz CT molecular complexity index is 609. The number of aromatic hydroxyl groups is 1. The third kappa shape index (κ3) is 2.54. The highest BCUT2D eigenvalue weighted by Crippen LogP contribution is 2.33. The Hall–Kier alpha value is -1.87. The van der Waals surface area contributed by atoms with Gasteiger partial charge in [-0.2, -0.15) is 0 Å². The fourth-order valence-corrected chi connectivity index (χ4v) is 2.93. The van der Waals surface area contributed by atoms with Gasteiger partial charge in [-0.1, -0.05) is 18.2 Å². The molecule has 104 valence electrons. The SMILES string of the molecule is CN1CCc2ccc(O)cc2C(c2ccc(F)cc2)C1. The highest BCUT2D eigenvalue weighted by Gasteiger charge is 2.23. The number of phenols is 1. The van der Waals surface area contributed by atoms with Gasteiger partial charge in [-0.25, -0.2) is 4.39 Å². The zero-order valence-corrected chi connectivity index (χ0v) is 11.5. The number of benzene rings is 2. The quantitative estimate of drug-likeness (QED) is 0.861. The zero-order valence-electron chi connectivity index (χ0n) is 11.5. The van der Waals surface area contributed by atoms with E-state index in [9.17, 15) is 9.50 Å². The predicted octanol–water partition coefficient (Wildman–Crippen LogP) is 3.15. The molecule has 20 heavy (non-hydrogen) atoms. The molecule has 2 aromatic rings. The summed E-state index contributed by atoms with van der Waals surface area (Å²) in [4.78, 5) is 2.28. The van der Waals surface area contributed by atoms with Crippen LogP contribution in [0.5, 0.6) is 5.75 Å². The summed E-state index contributed by atoms with van der Waals surface area (Å²) >= 11 is 0. The third-order valence-corrected chi connectivity index (χ3v) is 4.03. The van der Waals surface area contributed by atoms with Crippen LogP contribution in [-0.2, 0) is 6.42 Å². The van der Waals surface area contributed by atoms with E-state index in [-0.39, 0.29) is 11.7 Å². The molecule has 0 amide bonds. The average molecular weight is 271 g/mol. The first-order valence-electron chi connectivity index (χ1n) is 6.89.